The Labute approximate surface area is 100.0 Å². The third-order valence-corrected chi connectivity index (χ3v) is 2.38. The number of benzene rings is 1. The summed E-state index contributed by atoms with van der Waals surface area (Å²) in [7, 11) is 0. The third kappa shape index (κ3) is 2.55. The zero-order valence-corrected chi connectivity index (χ0v) is 9.14. The summed E-state index contributed by atoms with van der Waals surface area (Å²) in [6.07, 6.45) is -4.43. The van der Waals surface area contributed by atoms with Crippen molar-refractivity contribution in [2.45, 2.75) is 6.18 Å². The number of para-hydroxylation sites is 1. The van der Waals surface area contributed by atoms with Crippen molar-refractivity contribution in [1.29, 1.82) is 0 Å². The highest BCUT2D eigenvalue weighted by Crippen LogP contribution is 2.21. The molecule has 0 bridgehead atoms. The van der Waals surface area contributed by atoms with Crippen LogP contribution in [0.2, 0.25) is 0 Å². The SMILES string of the molecule is Nc1cccc2cc(C(=O)NCC(F)(F)F)[nH]c12. The van der Waals surface area contributed by atoms with Crippen LogP contribution in [0, 0.1) is 0 Å². The number of alkyl halides is 3. The van der Waals surface area contributed by atoms with Gasteiger partial charge in [-0.1, -0.05) is 12.1 Å². The Kier molecular flexibility index (Phi) is 2.90. The Morgan fingerprint density at radius 1 is 1.39 bits per heavy atom. The van der Waals surface area contributed by atoms with Crippen LogP contribution in [0.15, 0.2) is 24.3 Å². The van der Waals surface area contributed by atoms with Crippen molar-refractivity contribution >= 4 is 22.5 Å². The monoisotopic (exact) mass is 257 g/mol. The van der Waals surface area contributed by atoms with Gasteiger partial charge in [-0.25, -0.2) is 0 Å². The normalized spacial score (nSPS) is 11.7. The molecular formula is C11H10F3N3O. The van der Waals surface area contributed by atoms with Crippen LogP contribution in [-0.4, -0.2) is 23.6 Å². The van der Waals surface area contributed by atoms with Crippen LogP contribution < -0.4 is 11.1 Å². The van der Waals surface area contributed by atoms with E-state index < -0.39 is 18.6 Å². The lowest BCUT2D eigenvalue weighted by atomic mass is 10.2. The number of amides is 1. The first-order chi connectivity index (χ1) is 8.37. The molecule has 2 aromatic rings. The molecule has 4 N–H and O–H groups in total. The fourth-order valence-electron chi connectivity index (χ4n) is 1.58. The zero-order chi connectivity index (χ0) is 13.3. The van der Waals surface area contributed by atoms with E-state index in [2.05, 4.69) is 4.98 Å². The summed E-state index contributed by atoms with van der Waals surface area (Å²) in [4.78, 5) is 14.2. The Morgan fingerprint density at radius 3 is 2.72 bits per heavy atom. The molecule has 1 aromatic carbocycles. The number of hydrogen-bond acceptors (Lipinski definition) is 2. The van der Waals surface area contributed by atoms with E-state index in [0.29, 0.717) is 16.6 Å². The maximum atomic E-state index is 12.0. The summed E-state index contributed by atoms with van der Waals surface area (Å²) in [5.41, 5.74) is 6.69. The number of nitrogen functional groups attached to an aromatic ring is 1. The van der Waals surface area contributed by atoms with Crippen LogP contribution in [0.4, 0.5) is 18.9 Å². The van der Waals surface area contributed by atoms with Gasteiger partial charge in [-0.2, -0.15) is 13.2 Å². The molecule has 1 amide bonds. The largest absolute Gasteiger partial charge is 0.405 e. The summed E-state index contributed by atoms with van der Waals surface area (Å²) >= 11 is 0. The molecule has 0 radical (unpaired) electrons. The van der Waals surface area contributed by atoms with E-state index >= 15 is 0 Å². The average Bonchev–Trinajstić information content (AvgIpc) is 2.70. The van der Waals surface area contributed by atoms with E-state index in [-0.39, 0.29) is 5.69 Å². The molecule has 0 atom stereocenters. The van der Waals surface area contributed by atoms with Gasteiger partial charge in [0.2, 0.25) is 0 Å². The number of hydrogen-bond donors (Lipinski definition) is 3. The quantitative estimate of drug-likeness (QED) is 0.720. The van der Waals surface area contributed by atoms with Gasteiger partial charge in [0.25, 0.3) is 5.91 Å². The first kappa shape index (κ1) is 12.3. The molecule has 18 heavy (non-hydrogen) atoms. The molecule has 4 nitrogen and oxygen atoms in total. The second kappa shape index (κ2) is 4.25. The van der Waals surface area contributed by atoms with Gasteiger partial charge in [-0.3, -0.25) is 4.79 Å². The van der Waals surface area contributed by atoms with Crippen molar-refractivity contribution in [3.8, 4) is 0 Å². The minimum absolute atomic E-state index is 0.0483. The summed E-state index contributed by atoms with van der Waals surface area (Å²) < 4.78 is 35.9. The van der Waals surface area contributed by atoms with Gasteiger partial charge < -0.3 is 16.0 Å². The Bertz CT molecular complexity index is 589. The molecular weight excluding hydrogens is 247 g/mol. The number of nitrogens with two attached hydrogens (primary N) is 1. The number of aromatic nitrogens is 1. The highest BCUT2D eigenvalue weighted by molar-refractivity contribution is 6.00. The van der Waals surface area contributed by atoms with Crippen LogP contribution in [0.25, 0.3) is 10.9 Å². The maximum absolute atomic E-state index is 12.0. The number of aromatic amines is 1. The van der Waals surface area contributed by atoms with Crippen LogP contribution in [0.1, 0.15) is 10.5 Å². The smallest absolute Gasteiger partial charge is 0.397 e. The van der Waals surface area contributed by atoms with Crippen molar-refractivity contribution in [1.82, 2.24) is 10.3 Å². The van der Waals surface area contributed by atoms with E-state index in [0.717, 1.165) is 0 Å². The number of carbonyl (C=O) groups excluding carboxylic acids is 1. The first-order valence-electron chi connectivity index (χ1n) is 5.09. The van der Waals surface area contributed by atoms with Gasteiger partial charge in [-0.05, 0) is 12.1 Å². The van der Waals surface area contributed by atoms with Crippen LogP contribution in [0.3, 0.4) is 0 Å². The number of fused-ring (bicyclic) bond motifs is 1. The van der Waals surface area contributed by atoms with Gasteiger partial charge in [0.1, 0.15) is 12.2 Å². The molecule has 0 aliphatic rings. The second-order valence-corrected chi connectivity index (χ2v) is 3.79. The predicted molar refractivity (Wildman–Crippen MR) is 61.1 cm³/mol. The van der Waals surface area contributed by atoms with Crippen molar-refractivity contribution < 1.29 is 18.0 Å². The van der Waals surface area contributed by atoms with Gasteiger partial charge in [-0.15, -0.1) is 0 Å². The molecule has 0 unspecified atom stereocenters. The molecule has 0 spiro atoms. The molecule has 96 valence electrons. The molecule has 0 saturated carbocycles. The topological polar surface area (TPSA) is 70.9 Å². The van der Waals surface area contributed by atoms with Crippen LogP contribution >= 0.6 is 0 Å². The molecule has 0 fully saturated rings. The van der Waals surface area contributed by atoms with E-state index in [1.165, 1.54) is 6.07 Å². The fourth-order valence-corrected chi connectivity index (χ4v) is 1.58. The average molecular weight is 257 g/mol. The van der Waals surface area contributed by atoms with Gasteiger partial charge in [0, 0.05) is 5.39 Å². The van der Waals surface area contributed by atoms with E-state index in [1.807, 2.05) is 0 Å². The van der Waals surface area contributed by atoms with Crippen molar-refractivity contribution in [3.63, 3.8) is 0 Å². The van der Waals surface area contributed by atoms with Crippen molar-refractivity contribution in [2.24, 2.45) is 0 Å². The number of nitrogens with one attached hydrogen (secondary N) is 2. The number of carbonyl (C=O) groups is 1. The lowest BCUT2D eigenvalue weighted by molar-refractivity contribution is -0.123. The zero-order valence-electron chi connectivity index (χ0n) is 9.14. The lowest BCUT2D eigenvalue weighted by Crippen LogP contribution is -2.33. The Hall–Kier alpha value is -2.18. The fraction of sp³-hybridized carbons (Fsp3) is 0.182. The Balaban J connectivity index is 2.21. The Morgan fingerprint density at radius 2 is 2.11 bits per heavy atom. The standard InChI is InChI=1S/C11H10F3N3O/c12-11(13,14)5-16-10(18)8-4-6-2-1-3-7(15)9(6)17-8/h1-4,17H,5,15H2,(H,16,18). The minimum atomic E-state index is -4.43. The number of rotatable bonds is 2. The van der Waals surface area contributed by atoms with Gasteiger partial charge in [0.05, 0.1) is 11.2 Å². The molecule has 0 saturated heterocycles. The minimum Gasteiger partial charge on any atom is -0.397 e. The van der Waals surface area contributed by atoms with Crippen molar-refractivity contribution in [3.05, 3.63) is 30.0 Å². The molecule has 7 heteroatoms. The third-order valence-electron chi connectivity index (χ3n) is 2.38. The second-order valence-electron chi connectivity index (χ2n) is 3.79. The number of H-pyrrole nitrogens is 1. The van der Waals surface area contributed by atoms with E-state index in [9.17, 15) is 18.0 Å². The van der Waals surface area contributed by atoms with E-state index in [1.54, 1.807) is 23.5 Å². The number of anilines is 1. The summed E-state index contributed by atoms with van der Waals surface area (Å²) in [6, 6.07) is 6.50. The highest BCUT2D eigenvalue weighted by Gasteiger charge is 2.28. The van der Waals surface area contributed by atoms with Crippen LogP contribution in [0.5, 0.6) is 0 Å². The number of halogens is 3. The van der Waals surface area contributed by atoms with Gasteiger partial charge >= 0.3 is 6.18 Å². The maximum Gasteiger partial charge on any atom is 0.405 e. The summed E-state index contributed by atoms with van der Waals surface area (Å²) in [5, 5.41) is 2.46. The molecule has 0 aliphatic heterocycles. The van der Waals surface area contributed by atoms with Gasteiger partial charge in [0.15, 0.2) is 0 Å². The highest BCUT2D eigenvalue weighted by atomic mass is 19.4. The van der Waals surface area contributed by atoms with E-state index in [4.69, 9.17) is 5.73 Å². The summed E-state index contributed by atoms with van der Waals surface area (Å²) in [6.45, 7) is -1.36. The molecule has 1 aromatic heterocycles. The lowest BCUT2D eigenvalue weighted by Gasteiger charge is -2.06. The summed E-state index contributed by atoms with van der Waals surface area (Å²) in [5.74, 6) is -0.817. The first-order valence-corrected chi connectivity index (χ1v) is 5.09. The predicted octanol–water partition coefficient (Wildman–Crippen LogP) is 2.04. The van der Waals surface area contributed by atoms with Crippen LogP contribution in [-0.2, 0) is 0 Å². The molecule has 1 heterocycles. The molecule has 2 rings (SSSR count). The molecule has 0 aliphatic carbocycles. The van der Waals surface area contributed by atoms with Crippen molar-refractivity contribution in [2.75, 3.05) is 12.3 Å².